The van der Waals surface area contributed by atoms with E-state index in [-0.39, 0.29) is 0 Å². The lowest BCUT2D eigenvalue weighted by Gasteiger charge is -1.93. The summed E-state index contributed by atoms with van der Waals surface area (Å²) < 4.78 is 5.12. The summed E-state index contributed by atoms with van der Waals surface area (Å²) >= 11 is 0. The minimum absolute atomic E-state index is 0.322. The topological polar surface area (TPSA) is 33.4 Å². The highest BCUT2D eigenvalue weighted by Gasteiger charge is 2.00. The summed E-state index contributed by atoms with van der Waals surface area (Å²) in [5.74, 6) is 0.322. The lowest BCUT2D eigenvalue weighted by molar-refractivity contribution is 0.475. The second-order valence-electron chi connectivity index (χ2n) is 5.60. The number of phenolic OH excluding ortho intramolecular Hbond substituents is 1. The first-order valence-corrected chi connectivity index (χ1v) is 8.23. The van der Waals surface area contributed by atoms with Gasteiger partial charge in [0.15, 0.2) is 0 Å². The van der Waals surface area contributed by atoms with Gasteiger partial charge >= 0.3 is 0 Å². The molecule has 5 rings (SSSR count). The van der Waals surface area contributed by atoms with Crippen molar-refractivity contribution in [1.29, 1.82) is 0 Å². The zero-order chi connectivity index (χ0) is 17.3. The molecule has 0 atom stereocenters. The summed E-state index contributed by atoms with van der Waals surface area (Å²) in [6.07, 6.45) is 7.20. The van der Waals surface area contributed by atoms with Gasteiger partial charge < -0.3 is 9.52 Å². The summed E-state index contributed by atoms with van der Waals surface area (Å²) in [5, 5.41) is 9.80. The number of furan rings is 1. The van der Waals surface area contributed by atoms with E-state index in [0.717, 1.165) is 17.4 Å². The van der Waals surface area contributed by atoms with Crippen LogP contribution < -0.4 is 0 Å². The van der Waals surface area contributed by atoms with Crippen molar-refractivity contribution >= 4 is 17.0 Å². The van der Waals surface area contributed by atoms with Crippen molar-refractivity contribution < 1.29 is 9.52 Å². The van der Waals surface area contributed by atoms with E-state index >= 15 is 0 Å². The van der Waals surface area contributed by atoms with Gasteiger partial charge in [-0.05, 0) is 41.8 Å². The van der Waals surface area contributed by atoms with Crippen molar-refractivity contribution in [3.63, 3.8) is 0 Å². The third-order valence-electron chi connectivity index (χ3n) is 3.81. The molecule has 0 saturated carbocycles. The van der Waals surface area contributed by atoms with Crippen molar-refractivity contribution in [1.82, 2.24) is 0 Å². The first kappa shape index (κ1) is 16.6. The maximum Gasteiger partial charge on any atom is 0.133 e. The minimum atomic E-state index is 0.322. The second-order valence-corrected chi connectivity index (χ2v) is 5.60. The normalized spacial score (nSPS) is 11.0. The number of hydrogen-bond acceptors (Lipinski definition) is 2. The molecule has 0 radical (unpaired) electrons. The van der Waals surface area contributed by atoms with Gasteiger partial charge in [-0.2, -0.15) is 0 Å². The van der Waals surface area contributed by atoms with Crippen LogP contribution in [-0.4, -0.2) is 5.11 Å². The number of rotatable bonds is 0. The van der Waals surface area contributed by atoms with Crippen molar-refractivity contribution in [2.45, 2.75) is 6.42 Å². The summed E-state index contributed by atoms with van der Waals surface area (Å²) in [5.41, 5.74) is 3.80. The van der Waals surface area contributed by atoms with Crippen LogP contribution in [0.2, 0.25) is 0 Å². The average molecular weight is 328 g/mol. The number of allylic oxidation sites excluding steroid dienone is 1. The fraction of sp³-hybridized carbons (Fsp3) is 0.0435. The molecule has 2 nitrogen and oxygen atoms in total. The lowest BCUT2D eigenvalue weighted by atomic mass is 10.1. The Bertz CT molecular complexity index is 906. The molecule has 3 aromatic carbocycles. The summed E-state index contributed by atoms with van der Waals surface area (Å²) in [6.45, 7) is 0. The highest BCUT2D eigenvalue weighted by molar-refractivity contribution is 5.76. The third kappa shape index (κ3) is 4.85. The quantitative estimate of drug-likeness (QED) is 0.424. The predicted octanol–water partition coefficient (Wildman–Crippen LogP) is 6.08. The van der Waals surface area contributed by atoms with Gasteiger partial charge in [0.05, 0.1) is 6.26 Å². The second kappa shape index (κ2) is 8.55. The minimum Gasteiger partial charge on any atom is -0.508 e. The lowest BCUT2D eigenvalue weighted by Crippen LogP contribution is -1.76. The van der Waals surface area contributed by atoms with Gasteiger partial charge in [-0.15, -0.1) is 0 Å². The Morgan fingerprint density at radius 3 is 2.16 bits per heavy atom. The fourth-order valence-electron chi connectivity index (χ4n) is 2.53. The van der Waals surface area contributed by atoms with Crippen LogP contribution in [0, 0.1) is 0 Å². The van der Waals surface area contributed by atoms with Gasteiger partial charge in [0, 0.05) is 5.39 Å². The van der Waals surface area contributed by atoms with E-state index in [2.05, 4.69) is 36.4 Å². The number of aromatic hydroxyl groups is 1. The van der Waals surface area contributed by atoms with E-state index in [1.165, 1.54) is 11.1 Å². The van der Waals surface area contributed by atoms with Gasteiger partial charge in [-0.3, -0.25) is 0 Å². The van der Waals surface area contributed by atoms with E-state index in [4.69, 9.17) is 9.52 Å². The van der Waals surface area contributed by atoms with Crippen LogP contribution in [0.15, 0.2) is 102 Å². The van der Waals surface area contributed by atoms with Gasteiger partial charge in [-0.1, -0.05) is 72.8 Å². The highest BCUT2D eigenvalue weighted by Crippen LogP contribution is 2.17. The fourth-order valence-corrected chi connectivity index (χ4v) is 2.53. The van der Waals surface area contributed by atoms with Crippen molar-refractivity contribution in [3.8, 4) is 5.75 Å². The molecule has 0 fully saturated rings. The Balaban J connectivity index is 0.000000111. The molecule has 2 heteroatoms. The van der Waals surface area contributed by atoms with Crippen LogP contribution in [-0.2, 0) is 6.42 Å². The molecule has 0 amide bonds. The molecule has 0 bridgehead atoms. The zero-order valence-electron chi connectivity index (χ0n) is 13.9. The monoisotopic (exact) mass is 328 g/mol. The summed E-state index contributed by atoms with van der Waals surface area (Å²) in [4.78, 5) is 0. The SMILES string of the molecule is C1=Cc2ccccc2C1.Oc1ccccc1.c1ccc2occc2c1. The van der Waals surface area contributed by atoms with Crippen LogP contribution in [0.4, 0.5) is 0 Å². The Hall–Kier alpha value is -3.26. The molecule has 1 aliphatic rings. The first-order chi connectivity index (χ1) is 12.3. The number of para-hydroxylation sites is 2. The van der Waals surface area contributed by atoms with Gasteiger partial charge in [-0.25, -0.2) is 0 Å². The number of fused-ring (bicyclic) bond motifs is 2. The van der Waals surface area contributed by atoms with E-state index < -0.39 is 0 Å². The van der Waals surface area contributed by atoms with E-state index in [1.54, 1.807) is 30.5 Å². The largest absolute Gasteiger partial charge is 0.508 e. The number of hydrogen-bond donors (Lipinski definition) is 1. The van der Waals surface area contributed by atoms with Crippen LogP contribution in [0.5, 0.6) is 5.75 Å². The Labute approximate surface area is 147 Å². The molecule has 25 heavy (non-hydrogen) atoms. The molecular weight excluding hydrogens is 308 g/mol. The number of phenols is 1. The molecule has 1 aromatic heterocycles. The standard InChI is InChI=1S/C9H8.C8H6O.C6H6O/c1-2-5-9-7-3-6-8(9)4-1;1-2-4-8-7(3-1)5-6-9-8;7-6-4-2-1-3-5-6/h1-6H,7H2;1-6H;1-5,7H. The molecule has 1 aliphatic carbocycles. The van der Waals surface area contributed by atoms with Crippen LogP contribution in [0.1, 0.15) is 11.1 Å². The molecule has 4 aromatic rings. The molecule has 124 valence electrons. The Morgan fingerprint density at radius 2 is 1.44 bits per heavy atom. The maximum absolute atomic E-state index is 8.63. The maximum atomic E-state index is 8.63. The molecular formula is C23H20O2. The van der Waals surface area contributed by atoms with Crippen molar-refractivity contribution in [2.24, 2.45) is 0 Å². The summed E-state index contributed by atoms with van der Waals surface area (Å²) in [7, 11) is 0. The van der Waals surface area contributed by atoms with E-state index in [1.807, 2.05) is 36.4 Å². The Morgan fingerprint density at radius 1 is 0.720 bits per heavy atom. The smallest absolute Gasteiger partial charge is 0.133 e. The highest BCUT2D eigenvalue weighted by atomic mass is 16.3. The number of benzene rings is 3. The molecule has 0 unspecified atom stereocenters. The van der Waals surface area contributed by atoms with Gasteiger partial charge in [0.1, 0.15) is 11.3 Å². The van der Waals surface area contributed by atoms with Crippen LogP contribution in [0.3, 0.4) is 0 Å². The first-order valence-electron chi connectivity index (χ1n) is 8.23. The van der Waals surface area contributed by atoms with E-state index in [9.17, 15) is 0 Å². The molecule has 1 heterocycles. The Kier molecular flexibility index (Phi) is 5.68. The van der Waals surface area contributed by atoms with Gasteiger partial charge in [0.2, 0.25) is 0 Å². The molecule has 1 N–H and O–H groups in total. The van der Waals surface area contributed by atoms with Crippen LogP contribution in [0.25, 0.3) is 17.0 Å². The average Bonchev–Trinajstić information content (AvgIpc) is 3.32. The predicted molar refractivity (Wildman–Crippen MR) is 104 cm³/mol. The van der Waals surface area contributed by atoms with Crippen molar-refractivity contribution in [2.75, 3.05) is 0 Å². The van der Waals surface area contributed by atoms with E-state index in [0.29, 0.717) is 5.75 Å². The zero-order valence-corrected chi connectivity index (χ0v) is 13.9. The molecule has 0 saturated heterocycles. The van der Waals surface area contributed by atoms with Gasteiger partial charge in [0.25, 0.3) is 0 Å². The molecule has 0 aliphatic heterocycles. The van der Waals surface area contributed by atoms with Crippen molar-refractivity contribution in [3.05, 3.63) is 108 Å². The third-order valence-corrected chi connectivity index (χ3v) is 3.81. The van der Waals surface area contributed by atoms with Crippen LogP contribution >= 0.6 is 0 Å². The molecule has 0 spiro atoms. The summed E-state index contributed by atoms with van der Waals surface area (Å²) in [6, 6.07) is 27.1.